The van der Waals surface area contributed by atoms with Gasteiger partial charge in [0.05, 0.1) is 12.6 Å². The van der Waals surface area contributed by atoms with Gasteiger partial charge in [0, 0.05) is 6.04 Å². The molecule has 1 saturated heterocycles. The molecular weight excluding hydrogens is 206 g/mol. The maximum absolute atomic E-state index is 12.0. The lowest BCUT2D eigenvalue weighted by Gasteiger charge is -2.30. The van der Waals surface area contributed by atoms with E-state index in [1.54, 1.807) is 4.90 Å². The Morgan fingerprint density at radius 3 is 2.62 bits per heavy atom. The number of ether oxygens (including phenoxy) is 1. The summed E-state index contributed by atoms with van der Waals surface area (Å²) in [6, 6.07) is 0.257. The Labute approximate surface area is 96.6 Å². The molecule has 2 aliphatic rings. The van der Waals surface area contributed by atoms with Gasteiger partial charge in [0.2, 0.25) is 0 Å². The number of nitrogens with zero attached hydrogens (tertiary/aromatic N) is 1. The zero-order valence-electron chi connectivity index (χ0n) is 10.4. The maximum Gasteiger partial charge on any atom is 0.410 e. The predicted molar refractivity (Wildman–Crippen MR) is 60.0 cm³/mol. The summed E-state index contributed by atoms with van der Waals surface area (Å²) in [4.78, 5) is 13.8. The van der Waals surface area contributed by atoms with E-state index in [-0.39, 0.29) is 18.7 Å². The van der Waals surface area contributed by atoms with Crippen LogP contribution >= 0.6 is 0 Å². The van der Waals surface area contributed by atoms with E-state index in [1.165, 1.54) is 0 Å². The van der Waals surface area contributed by atoms with Crippen LogP contribution in [0.1, 0.15) is 34.1 Å². The van der Waals surface area contributed by atoms with Crippen LogP contribution in [0.3, 0.4) is 0 Å². The van der Waals surface area contributed by atoms with Gasteiger partial charge in [-0.25, -0.2) is 4.79 Å². The van der Waals surface area contributed by atoms with Crippen LogP contribution in [0, 0.1) is 11.8 Å². The number of hydrogen-bond acceptors (Lipinski definition) is 3. The second-order valence-electron chi connectivity index (χ2n) is 5.97. The highest BCUT2D eigenvalue weighted by atomic mass is 16.6. The highest BCUT2D eigenvalue weighted by Gasteiger charge is 2.60. The van der Waals surface area contributed by atoms with Crippen molar-refractivity contribution in [1.29, 1.82) is 0 Å². The quantitative estimate of drug-likeness (QED) is 0.740. The molecule has 1 amide bonds. The Morgan fingerprint density at radius 1 is 1.50 bits per heavy atom. The van der Waals surface area contributed by atoms with E-state index in [0.717, 1.165) is 6.42 Å². The molecule has 2 fully saturated rings. The fourth-order valence-corrected chi connectivity index (χ4v) is 2.76. The third kappa shape index (κ3) is 1.90. The molecular formula is C12H21NO3. The third-order valence-corrected chi connectivity index (χ3v) is 3.59. The van der Waals surface area contributed by atoms with Gasteiger partial charge in [-0.1, -0.05) is 6.92 Å². The third-order valence-electron chi connectivity index (χ3n) is 3.59. The fourth-order valence-electron chi connectivity index (χ4n) is 2.76. The zero-order chi connectivity index (χ0) is 12.1. The molecule has 0 aromatic heterocycles. The first-order valence-electron chi connectivity index (χ1n) is 5.97. The van der Waals surface area contributed by atoms with Gasteiger partial charge in [-0.2, -0.15) is 0 Å². The molecule has 1 aliphatic carbocycles. The van der Waals surface area contributed by atoms with E-state index in [2.05, 4.69) is 6.92 Å². The summed E-state index contributed by atoms with van der Waals surface area (Å²) in [5.74, 6) is 1.14. The highest BCUT2D eigenvalue weighted by molar-refractivity contribution is 5.70. The van der Waals surface area contributed by atoms with Crippen molar-refractivity contribution in [3.63, 3.8) is 0 Å². The molecule has 2 rings (SSSR count). The summed E-state index contributed by atoms with van der Waals surface area (Å²) >= 11 is 0. The van der Waals surface area contributed by atoms with E-state index in [1.807, 2.05) is 20.8 Å². The standard InChI is InChI=1S/C12H21NO3/c1-7-9-5-8(6-14)13(10(7)9)11(15)16-12(2,3)4/h7-10,14H,5-6H2,1-4H3. The first-order valence-corrected chi connectivity index (χ1v) is 5.97. The van der Waals surface area contributed by atoms with E-state index in [4.69, 9.17) is 4.74 Å². The molecule has 0 aromatic rings. The van der Waals surface area contributed by atoms with Crippen LogP contribution in [0.25, 0.3) is 0 Å². The van der Waals surface area contributed by atoms with Gasteiger partial charge in [-0.3, -0.25) is 4.90 Å². The van der Waals surface area contributed by atoms with Crippen LogP contribution in [-0.2, 0) is 4.74 Å². The van der Waals surface area contributed by atoms with Crippen molar-refractivity contribution in [2.75, 3.05) is 6.61 Å². The van der Waals surface area contributed by atoms with Crippen LogP contribution in [-0.4, -0.2) is 40.4 Å². The SMILES string of the molecule is CC1C2CC(CO)N(C(=O)OC(C)(C)C)C12. The molecule has 4 heteroatoms. The zero-order valence-corrected chi connectivity index (χ0v) is 10.4. The minimum Gasteiger partial charge on any atom is -0.444 e. The minimum atomic E-state index is -0.465. The number of carbonyl (C=O) groups is 1. The molecule has 0 aromatic carbocycles. The van der Waals surface area contributed by atoms with E-state index in [9.17, 15) is 9.90 Å². The fraction of sp³-hybridized carbons (Fsp3) is 0.917. The van der Waals surface area contributed by atoms with Gasteiger partial charge in [-0.05, 0) is 39.0 Å². The van der Waals surface area contributed by atoms with Gasteiger partial charge in [0.15, 0.2) is 0 Å². The van der Waals surface area contributed by atoms with Crippen LogP contribution < -0.4 is 0 Å². The number of fused-ring (bicyclic) bond motifs is 1. The van der Waals surface area contributed by atoms with Gasteiger partial charge in [0.25, 0.3) is 0 Å². The lowest BCUT2D eigenvalue weighted by molar-refractivity contribution is 0.0109. The summed E-state index contributed by atoms with van der Waals surface area (Å²) in [7, 11) is 0. The van der Waals surface area contributed by atoms with Crippen molar-refractivity contribution in [3.05, 3.63) is 0 Å². The second-order valence-corrected chi connectivity index (χ2v) is 5.97. The van der Waals surface area contributed by atoms with Gasteiger partial charge in [0.1, 0.15) is 5.60 Å². The highest BCUT2D eigenvalue weighted by Crippen LogP contribution is 2.53. The van der Waals surface area contributed by atoms with Crippen molar-refractivity contribution >= 4 is 6.09 Å². The molecule has 0 spiro atoms. The molecule has 4 unspecified atom stereocenters. The van der Waals surface area contributed by atoms with Crippen molar-refractivity contribution in [2.24, 2.45) is 11.8 Å². The minimum absolute atomic E-state index is 0.0406. The number of aliphatic hydroxyl groups is 1. The lowest BCUT2D eigenvalue weighted by atomic mass is 10.1. The van der Waals surface area contributed by atoms with Crippen molar-refractivity contribution in [1.82, 2.24) is 4.90 Å². The Morgan fingerprint density at radius 2 is 2.12 bits per heavy atom. The monoisotopic (exact) mass is 227 g/mol. The van der Waals surface area contributed by atoms with Gasteiger partial charge < -0.3 is 9.84 Å². The van der Waals surface area contributed by atoms with Gasteiger partial charge in [-0.15, -0.1) is 0 Å². The number of aliphatic hydroxyl groups excluding tert-OH is 1. The summed E-state index contributed by atoms with van der Waals surface area (Å²) in [5, 5.41) is 9.26. The number of hydrogen-bond donors (Lipinski definition) is 1. The number of likely N-dealkylation sites (tertiary alicyclic amines) is 1. The van der Waals surface area contributed by atoms with Gasteiger partial charge >= 0.3 is 6.09 Å². The number of amides is 1. The summed E-state index contributed by atoms with van der Waals surface area (Å²) < 4.78 is 5.38. The van der Waals surface area contributed by atoms with E-state index >= 15 is 0 Å². The van der Waals surface area contributed by atoms with E-state index < -0.39 is 5.60 Å². The Hall–Kier alpha value is -0.770. The molecule has 0 bridgehead atoms. The molecule has 1 aliphatic heterocycles. The summed E-state index contributed by atoms with van der Waals surface area (Å²) in [6.07, 6.45) is 0.644. The van der Waals surface area contributed by atoms with Crippen molar-refractivity contribution in [2.45, 2.75) is 51.8 Å². The Kier molecular flexibility index (Phi) is 2.65. The van der Waals surface area contributed by atoms with Crippen LogP contribution in [0.2, 0.25) is 0 Å². The Balaban J connectivity index is 2.04. The van der Waals surface area contributed by atoms with Crippen LogP contribution in [0.15, 0.2) is 0 Å². The van der Waals surface area contributed by atoms with Crippen molar-refractivity contribution in [3.8, 4) is 0 Å². The number of piperidine rings is 1. The lowest BCUT2D eigenvalue weighted by Crippen LogP contribution is -2.44. The molecule has 1 saturated carbocycles. The molecule has 0 radical (unpaired) electrons. The van der Waals surface area contributed by atoms with Crippen molar-refractivity contribution < 1.29 is 14.6 Å². The van der Waals surface area contributed by atoms with Crippen LogP contribution in [0.4, 0.5) is 4.79 Å². The van der Waals surface area contributed by atoms with Crippen LogP contribution in [0.5, 0.6) is 0 Å². The number of rotatable bonds is 1. The second kappa shape index (κ2) is 3.62. The summed E-state index contributed by atoms with van der Waals surface area (Å²) in [5.41, 5.74) is -0.465. The molecule has 16 heavy (non-hydrogen) atoms. The first-order chi connectivity index (χ1) is 7.35. The average Bonchev–Trinajstić information content (AvgIpc) is 2.62. The molecule has 1 N–H and O–H groups in total. The topological polar surface area (TPSA) is 49.8 Å². The summed E-state index contributed by atoms with van der Waals surface area (Å²) in [6.45, 7) is 7.79. The maximum atomic E-state index is 12.0. The number of carbonyl (C=O) groups excluding carboxylic acids is 1. The predicted octanol–water partition coefficient (Wildman–Crippen LogP) is 1.62. The molecule has 92 valence electrons. The largest absolute Gasteiger partial charge is 0.444 e. The van der Waals surface area contributed by atoms with E-state index in [0.29, 0.717) is 17.9 Å². The Bertz CT molecular complexity index is 295. The molecule has 4 nitrogen and oxygen atoms in total. The molecule has 1 heterocycles. The first kappa shape index (κ1) is 11.7. The smallest absolute Gasteiger partial charge is 0.410 e. The average molecular weight is 227 g/mol. The molecule has 4 atom stereocenters. The normalized spacial score (nSPS) is 37.2.